The summed E-state index contributed by atoms with van der Waals surface area (Å²) in [6.45, 7) is 0. The summed E-state index contributed by atoms with van der Waals surface area (Å²) >= 11 is 0. The fourth-order valence-corrected chi connectivity index (χ4v) is 4.95. The van der Waals surface area contributed by atoms with Crippen LogP contribution < -0.4 is 15.8 Å². The Hall–Kier alpha value is -4.38. The Morgan fingerprint density at radius 2 is 1.86 bits per heavy atom. The lowest BCUT2D eigenvalue weighted by Gasteiger charge is -2.11. The summed E-state index contributed by atoms with van der Waals surface area (Å²) in [5.41, 5.74) is 8.19. The topological polar surface area (TPSA) is 157 Å². The number of aromatic nitrogens is 3. The van der Waals surface area contributed by atoms with Gasteiger partial charge in [0.05, 0.1) is 22.1 Å². The van der Waals surface area contributed by atoms with Gasteiger partial charge >= 0.3 is 0 Å². The number of pyridine rings is 1. The molecule has 0 aliphatic heterocycles. The van der Waals surface area contributed by atoms with Crippen LogP contribution in [0.15, 0.2) is 67.1 Å². The number of nitrogens with zero attached hydrogens (tertiary/aromatic N) is 3. The average molecular weight is 489 g/mol. The van der Waals surface area contributed by atoms with Crippen molar-refractivity contribution in [2.24, 2.45) is 5.73 Å². The van der Waals surface area contributed by atoms with E-state index in [1.165, 1.54) is 12.4 Å². The largest absolute Gasteiger partial charge is 0.366 e. The number of sulfonamides is 1. The lowest BCUT2D eigenvalue weighted by Crippen LogP contribution is -2.17. The van der Waals surface area contributed by atoms with Gasteiger partial charge in [-0.25, -0.2) is 18.4 Å². The van der Waals surface area contributed by atoms with E-state index in [1.807, 2.05) is 0 Å². The van der Waals surface area contributed by atoms with E-state index in [9.17, 15) is 18.0 Å². The first-order valence-corrected chi connectivity index (χ1v) is 12.3. The van der Waals surface area contributed by atoms with Crippen LogP contribution in [-0.4, -0.2) is 40.4 Å². The van der Waals surface area contributed by atoms with E-state index in [0.717, 1.165) is 0 Å². The summed E-state index contributed by atoms with van der Waals surface area (Å²) in [4.78, 5) is 37.1. The van der Waals surface area contributed by atoms with Crippen LogP contribution in [0.5, 0.6) is 0 Å². The lowest BCUT2D eigenvalue weighted by atomic mass is 10.0. The van der Waals surface area contributed by atoms with Crippen molar-refractivity contribution in [3.8, 4) is 11.1 Å². The first-order valence-electron chi connectivity index (χ1n) is 10.7. The Balaban J connectivity index is 1.42. The number of primary amides is 1. The number of rotatable bonds is 7. The van der Waals surface area contributed by atoms with E-state index in [-0.39, 0.29) is 11.1 Å². The quantitative estimate of drug-likeness (QED) is 0.361. The zero-order valence-corrected chi connectivity index (χ0v) is 19.1. The maximum absolute atomic E-state index is 13.0. The van der Waals surface area contributed by atoms with Gasteiger partial charge in [0.15, 0.2) is 0 Å². The first kappa shape index (κ1) is 22.4. The van der Waals surface area contributed by atoms with Crippen LogP contribution in [0, 0.1) is 0 Å². The predicted octanol–water partition coefficient (Wildman–Crippen LogP) is 2.95. The second kappa shape index (κ2) is 8.76. The Bertz CT molecular complexity index is 1580. The molecule has 35 heavy (non-hydrogen) atoms. The third-order valence-electron chi connectivity index (χ3n) is 5.54. The Kier molecular flexibility index (Phi) is 5.61. The van der Waals surface area contributed by atoms with Gasteiger partial charge in [0, 0.05) is 35.1 Å². The van der Waals surface area contributed by atoms with Gasteiger partial charge in [-0.3, -0.25) is 19.3 Å². The van der Waals surface area contributed by atoms with Crippen LogP contribution in [0.2, 0.25) is 0 Å². The molecule has 2 aromatic heterocycles. The number of hydrogen-bond donors (Lipinski definition) is 3. The number of fused-ring (bicyclic) bond motifs is 1. The van der Waals surface area contributed by atoms with Crippen molar-refractivity contribution in [2.75, 3.05) is 10.0 Å². The number of benzene rings is 2. The molecule has 10 nitrogen and oxygen atoms in total. The Morgan fingerprint density at radius 1 is 1.03 bits per heavy atom. The molecule has 1 aliphatic rings. The number of anilines is 2. The van der Waals surface area contributed by atoms with Crippen LogP contribution in [-0.2, 0) is 10.0 Å². The summed E-state index contributed by atoms with van der Waals surface area (Å²) in [5.74, 6) is -1.22. The van der Waals surface area contributed by atoms with Crippen LogP contribution in [0.4, 0.5) is 11.4 Å². The molecular weight excluding hydrogens is 468 g/mol. The molecule has 4 aromatic rings. The van der Waals surface area contributed by atoms with Crippen molar-refractivity contribution in [2.45, 2.75) is 18.1 Å². The van der Waals surface area contributed by atoms with Gasteiger partial charge in [0.2, 0.25) is 21.8 Å². The zero-order chi connectivity index (χ0) is 24.6. The summed E-state index contributed by atoms with van der Waals surface area (Å²) in [6.07, 6.45) is 5.89. The highest BCUT2D eigenvalue weighted by molar-refractivity contribution is 7.93. The molecular formula is C24H20N6O4S. The standard InChI is InChI=1S/C24H20N6O4S/c25-22(31)15-3-1-2-14(10-15)19-13-26-9-8-20(19)29-24(32)23-27-12-16-4-5-17(11-21(16)28-23)30-35(33,34)18-6-7-18/h1-5,8-13,18,30H,6-7H2,(H2,25,31)(H,26,29,32). The lowest BCUT2D eigenvalue weighted by molar-refractivity contribution is 0.0996. The second-order valence-electron chi connectivity index (χ2n) is 8.13. The van der Waals surface area contributed by atoms with E-state index >= 15 is 0 Å². The molecule has 1 saturated carbocycles. The number of carbonyl (C=O) groups is 2. The maximum atomic E-state index is 13.0. The molecule has 2 aromatic carbocycles. The fourth-order valence-electron chi connectivity index (χ4n) is 3.57. The number of hydrogen-bond acceptors (Lipinski definition) is 7. The minimum atomic E-state index is -3.42. The maximum Gasteiger partial charge on any atom is 0.293 e. The Morgan fingerprint density at radius 3 is 2.63 bits per heavy atom. The zero-order valence-electron chi connectivity index (χ0n) is 18.3. The van der Waals surface area contributed by atoms with Gasteiger partial charge in [-0.2, -0.15) is 0 Å². The van der Waals surface area contributed by atoms with Crippen LogP contribution >= 0.6 is 0 Å². The molecule has 176 valence electrons. The molecule has 0 bridgehead atoms. The van der Waals surface area contributed by atoms with Crippen LogP contribution in [0.3, 0.4) is 0 Å². The van der Waals surface area contributed by atoms with E-state index in [2.05, 4.69) is 25.0 Å². The molecule has 11 heteroatoms. The van der Waals surface area contributed by atoms with Crippen molar-refractivity contribution in [1.29, 1.82) is 0 Å². The Labute approximate surface area is 200 Å². The number of amides is 2. The van der Waals surface area contributed by atoms with E-state index in [4.69, 9.17) is 5.73 Å². The van der Waals surface area contributed by atoms with E-state index < -0.39 is 21.8 Å². The SMILES string of the molecule is NC(=O)c1cccc(-c2cnccc2NC(=O)c2ncc3ccc(NS(=O)(=O)C4CC4)cc3n2)c1. The highest BCUT2D eigenvalue weighted by Crippen LogP contribution is 2.30. The van der Waals surface area contributed by atoms with Crippen molar-refractivity contribution >= 4 is 44.1 Å². The third-order valence-corrected chi connectivity index (χ3v) is 7.41. The van der Waals surface area contributed by atoms with Crippen molar-refractivity contribution in [3.05, 3.63) is 78.5 Å². The van der Waals surface area contributed by atoms with Gasteiger partial charge in [-0.1, -0.05) is 12.1 Å². The molecule has 5 rings (SSSR count). The molecule has 0 atom stereocenters. The highest BCUT2D eigenvalue weighted by atomic mass is 32.2. The number of nitrogens with two attached hydrogens (primary N) is 1. The normalized spacial score (nSPS) is 13.4. The monoisotopic (exact) mass is 488 g/mol. The van der Waals surface area contributed by atoms with Gasteiger partial charge in [-0.05, 0) is 54.8 Å². The highest BCUT2D eigenvalue weighted by Gasteiger charge is 2.35. The molecule has 1 fully saturated rings. The van der Waals surface area contributed by atoms with Crippen molar-refractivity contribution in [3.63, 3.8) is 0 Å². The first-order chi connectivity index (χ1) is 16.8. The predicted molar refractivity (Wildman–Crippen MR) is 131 cm³/mol. The smallest absolute Gasteiger partial charge is 0.293 e. The summed E-state index contributed by atoms with van der Waals surface area (Å²) in [7, 11) is -3.42. The molecule has 0 radical (unpaired) electrons. The molecule has 0 spiro atoms. The third kappa shape index (κ3) is 4.80. The van der Waals surface area contributed by atoms with Gasteiger partial charge in [-0.15, -0.1) is 0 Å². The fraction of sp³-hybridized carbons (Fsp3) is 0.125. The summed E-state index contributed by atoms with van der Waals surface area (Å²) in [6, 6.07) is 13.2. The number of carbonyl (C=O) groups excluding carboxylic acids is 2. The average Bonchev–Trinajstić information content (AvgIpc) is 3.70. The molecule has 2 heterocycles. The van der Waals surface area contributed by atoms with Gasteiger partial charge in [0.25, 0.3) is 5.91 Å². The molecule has 2 amide bonds. The molecule has 0 unspecified atom stereocenters. The van der Waals surface area contributed by atoms with E-state index in [1.54, 1.807) is 54.7 Å². The summed E-state index contributed by atoms with van der Waals surface area (Å²) in [5, 5.41) is 3.08. The molecule has 4 N–H and O–H groups in total. The molecule has 0 saturated heterocycles. The van der Waals surface area contributed by atoms with Crippen LogP contribution in [0.25, 0.3) is 22.0 Å². The second-order valence-corrected chi connectivity index (χ2v) is 10.1. The van der Waals surface area contributed by atoms with Crippen molar-refractivity contribution in [1.82, 2.24) is 15.0 Å². The minimum absolute atomic E-state index is 0.0895. The van der Waals surface area contributed by atoms with Gasteiger partial charge in [0.1, 0.15) is 0 Å². The summed E-state index contributed by atoms with van der Waals surface area (Å²) < 4.78 is 27.1. The molecule has 1 aliphatic carbocycles. The van der Waals surface area contributed by atoms with E-state index in [0.29, 0.717) is 51.8 Å². The van der Waals surface area contributed by atoms with Crippen molar-refractivity contribution < 1.29 is 18.0 Å². The van der Waals surface area contributed by atoms with Crippen LogP contribution in [0.1, 0.15) is 33.8 Å². The minimum Gasteiger partial charge on any atom is -0.366 e. The van der Waals surface area contributed by atoms with Gasteiger partial charge < -0.3 is 11.1 Å². The number of nitrogens with one attached hydrogen (secondary N) is 2.